The van der Waals surface area contributed by atoms with Crippen LogP contribution in [-0.4, -0.2) is 11.7 Å². The van der Waals surface area contributed by atoms with Gasteiger partial charge in [-0.2, -0.15) is 9.78 Å². The first-order valence-electron chi connectivity index (χ1n) is 4.46. The largest absolute Gasteiger partial charge is 0.320 e. The Kier molecular flexibility index (Phi) is 2.42. The van der Waals surface area contributed by atoms with E-state index in [1.807, 2.05) is 19.1 Å². The Bertz CT molecular complexity index is 395. The molecule has 0 unspecified atom stereocenters. The van der Waals surface area contributed by atoms with Gasteiger partial charge in [-0.3, -0.25) is 4.79 Å². The van der Waals surface area contributed by atoms with E-state index in [2.05, 4.69) is 15.1 Å². The number of aryl methyl sites for hydroxylation is 1. The van der Waals surface area contributed by atoms with E-state index in [-0.39, 0.29) is 5.91 Å². The van der Waals surface area contributed by atoms with Crippen molar-refractivity contribution in [1.29, 1.82) is 0 Å². The van der Waals surface area contributed by atoms with Crippen molar-refractivity contribution in [2.45, 2.75) is 19.6 Å². The number of para-hydroxylation sites is 1. The Balaban J connectivity index is 2.20. The topological polar surface area (TPSA) is 54.2 Å². The van der Waals surface area contributed by atoms with Crippen LogP contribution in [0.15, 0.2) is 18.2 Å². The molecule has 80 valence electrons. The highest BCUT2D eigenvalue weighted by atomic mass is 35.5. The standard InChI is InChI=1S/C10H10ClNO3/c1-6-4-3-5-7(11)8(6)12-9(13)10(2)14-15-10/h3-5H,1-2H3,(H,12,13). The van der Waals surface area contributed by atoms with Gasteiger partial charge in [0.1, 0.15) is 0 Å². The second-order valence-electron chi connectivity index (χ2n) is 3.50. The van der Waals surface area contributed by atoms with Gasteiger partial charge >= 0.3 is 5.79 Å². The molecule has 1 aliphatic heterocycles. The lowest BCUT2D eigenvalue weighted by Crippen LogP contribution is -2.28. The summed E-state index contributed by atoms with van der Waals surface area (Å²) >= 11 is 5.95. The minimum atomic E-state index is -1.16. The Morgan fingerprint density at radius 2 is 2.13 bits per heavy atom. The van der Waals surface area contributed by atoms with Crippen LogP contribution in [0.3, 0.4) is 0 Å². The summed E-state index contributed by atoms with van der Waals surface area (Å²) < 4.78 is 0. The predicted octanol–water partition coefficient (Wildman–Crippen LogP) is 2.26. The lowest BCUT2D eigenvalue weighted by Gasteiger charge is -2.09. The maximum absolute atomic E-state index is 11.6. The fourth-order valence-corrected chi connectivity index (χ4v) is 1.42. The third-order valence-corrected chi connectivity index (χ3v) is 2.52. The summed E-state index contributed by atoms with van der Waals surface area (Å²) in [5.74, 6) is -1.52. The van der Waals surface area contributed by atoms with E-state index in [1.54, 1.807) is 6.07 Å². The van der Waals surface area contributed by atoms with E-state index in [1.165, 1.54) is 6.92 Å². The van der Waals surface area contributed by atoms with Crippen LogP contribution in [-0.2, 0) is 14.6 Å². The van der Waals surface area contributed by atoms with E-state index in [4.69, 9.17) is 11.6 Å². The lowest BCUT2D eigenvalue weighted by atomic mass is 10.2. The predicted molar refractivity (Wildman–Crippen MR) is 55.4 cm³/mol. The molecule has 0 spiro atoms. The Morgan fingerprint density at radius 1 is 1.47 bits per heavy atom. The van der Waals surface area contributed by atoms with Crippen LogP contribution in [0, 0.1) is 6.92 Å². The second kappa shape index (κ2) is 3.48. The van der Waals surface area contributed by atoms with Crippen LogP contribution in [0.4, 0.5) is 5.69 Å². The van der Waals surface area contributed by atoms with Gasteiger partial charge in [-0.25, -0.2) is 0 Å². The number of hydrogen-bond acceptors (Lipinski definition) is 3. The summed E-state index contributed by atoms with van der Waals surface area (Å²) in [6.45, 7) is 3.40. The quantitative estimate of drug-likeness (QED) is 0.623. The lowest BCUT2D eigenvalue weighted by molar-refractivity contribution is -0.121. The van der Waals surface area contributed by atoms with Gasteiger partial charge in [-0.05, 0) is 18.6 Å². The summed E-state index contributed by atoms with van der Waals surface area (Å²) in [4.78, 5) is 20.7. The number of anilines is 1. The molecule has 0 aliphatic carbocycles. The highest BCUT2D eigenvalue weighted by Gasteiger charge is 2.52. The SMILES string of the molecule is Cc1cccc(Cl)c1NC(=O)C1(C)OO1. The van der Waals surface area contributed by atoms with Crippen LogP contribution in [0.2, 0.25) is 5.02 Å². The van der Waals surface area contributed by atoms with E-state index in [0.29, 0.717) is 10.7 Å². The second-order valence-corrected chi connectivity index (χ2v) is 3.91. The summed E-state index contributed by atoms with van der Waals surface area (Å²) in [6, 6.07) is 5.39. The van der Waals surface area contributed by atoms with Crippen molar-refractivity contribution in [3.63, 3.8) is 0 Å². The molecule has 1 aliphatic rings. The first-order chi connectivity index (χ1) is 7.03. The minimum Gasteiger partial charge on any atom is -0.320 e. The monoisotopic (exact) mass is 227 g/mol. The Hall–Kier alpha value is -1.10. The molecule has 2 rings (SSSR count). The zero-order valence-electron chi connectivity index (χ0n) is 8.33. The molecule has 0 radical (unpaired) electrons. The molecule has 1 fully saturated rings. The van der Waals surface area contributed by atoms with Crippen molar-refractivity contribution in [3.8, 4) is 0 Å². The number of benzene rings is 1. The molecule has 15 heavy (non-hydrogen) atoms. The third kappa shape index (κ3) is 1.97. The number of hydrogen-bond donors (Lipinski definition) is 1. The van der Waals surface area contributed by atoms with Gasteiger partial charge in [0, 0.05) is 6.92 Å². The molecule has 0 aromatic heterocycles. The molecule has 1 aromatic rings. The smallest absolute Gasteiger partial charge is 0.308 e. The zero-order valence-corrected chi connectivity index (χ0v) is 9.09. The minimum absolute atomic E-state index is 0.362. The summed E-state index contributed by atoms with van der Waals surface area (Å²) in [5, 5.41) is 3.15. The van der Waals surface area contributed by atoms with Crippen molar-refractivity contribution < 1.29 is 14.6 Å². The maximum Gasteiger partial charge on any atom is 0.308 e. The van der Waals surface area contributed by atoms with Gasteiger partial charge in [0.05, 0.1) is 10.7 Å². The van der Waals surface area contributed by atoms with Crippen molar-refractivity contribution in [3.05, 3.63) is 28.8 Å². The molecule has 4 nitrogen and oxygen atoms in total. The van der Waals surface area contributed by atoms with Crippen molar-refractivity contribution >= 4 is 23.2 Å². The Morgan fingerprint density at radius 3 is 2.67 bits per heavy atom. The average Bonchev–Trinajstić information content (AvgIpc) is 2.91. The molecule has 0 atom stereocenters. The van der Waals surface area contributed by atoms with Crippen LogP contribution in [0.1, 0.15) is 12.5 Å². The molecule has 1 aromatic carbocycles. The molecule has 1 saturated heterocycles. The number of amides is 1. The first-order valence-corrected chi connectivity index (χ1v) is 4.84. The molecule has 1 N–H and O–H groups in total. The van der Waals surface area contributed by atoms with Crippen LogP contribution >= 0.6 is 11.6 Å². The summed E-state index contributed by atoms with van der Waals surface area (Å²) in [7, 11) is 0. The van der Waals surface area contributed by atoms with Gasteiger partial charge in [-0.15, -0.1) is 0 Å². The zero-order chi connectivity index (χ0) is 11.1. The molecule has 1 amide bonds. The normalized spacial score (nSPS) is 17.3. The van der Waals surface area contributed by atoms with Gasteiger partial charge in [-0.1, -0.05) is 23.7 Å². The molecular weight excluding hydrogens is 218 g/mol. The van der Waals surface area contributed by atoms with Crippen molar-refractivity contribution in [2.24, 2.45) is 0 Å². The summed E-state index contributed by atoms with van der Waals surface area (Å²) in [6.07, 6.45) is 0. The Labute approximate surface area is 92.1 Å². The highest BCUT2D eigenvalue weighted by Crippen LogP contribution is 2.32. The number of halogens is 1. The van der Waals surface area contributed by atoms with Crippen LogP contribution < -0.4 is 5.32 Å². The van der Waals surface area contributed by atoms with E-state index in [0.717, 1.165) is 5.56 Å². The highest BCUT2D eigenvalue weighted by molar-refractivity contribution is 6.34. The fourth-order valence-electron chi connectivity index (χ4n) is 1.16. The van der Waals surface area contributed by atoms with Gasteiger partial charge in [0.2, 0.25) is 0 Å². The fraction of sp³-hybridized carbons (Fsp3) is 0.300. The van der Waals surface area contributed by atoms with Gasteiger partial charge in [0.15, 0.2) is 0 Å². The number of carbonyl (C=O) groups excluding carboxylic acids is 1. The third-order valence-electron chi connectivity index (χ3n) is 2.21. The molecule has 0 bridgehead atoms. The molecule has 0 saturated carbocycles. The molecular formula is C10H10ClNO3. The van der Waals surface area contributed by atoms with Crippen molar-refractivity contribution in [2.75, 3.05) is 5.32 Å². The summed E-state index contributed by atoms with van der Waals surface area (Å²) in [5.41, 5.74) is 1.48. The van der Waals surface area contributed by atoms with E-state index < -0.39 is 5.79 Å². The molecule has 5 heteroatoms. The molecule has 1 heterocycles. The van der Waals surface area contributed by atoms with Gasteiger partial charge < -0.3 is 5.32 Å². The van der Waals surface area contributed by atoms with E-state index >= 15 is 0 Å². The van der Waals surface area contributed by atoms with Crippen LogP contribution in [0.5, 0.6) is 0 Å². The first kappa shape index (κ1) is 10.4. The number of rotatable bonds is 2. The average molecular weight is 228 g/mol. The van der Waals surface area contributed by atoms with Crippen LogP contribution in [0.25, 0.3) is 0 Å². The maximum atomic E-state index is 11.6. The van der Waals surface area contributed by atoms with Crippen molar-refractivity contribution in [1.82, 2.24) is 0 Å². The number of nitrogens with one attached hydrogen (secondary N) is 1. The van der Waals surface area contributed by atoms with E-state index in [9.17, 15) is 4.79 Å². The van der Waals surface area contributed by atoms with Gasteiger partial charge in [0.25, 0.3) is 5.91 Å². The number of carbonyl (C=O) groups is 1.